The first-order chi connectivity index (χ1) is 15.4. The van der Waals surface area contributed by atoms with Gasteiger partial charge >= 0.3 is 0 Å². The average Bonchev–Trinajstić information content (AvgIpc) is 3.20. The van der Waals surface area contributed by atoms with Gasteiger partial charge in [-0.3, -0.25) is 9.36 Å². The van der Waals surface area contributed by atoms with Crippen molar-refractivity contribution in [2.24, 2.45) is 0 Å². The van der Waals surface area contributed by atoms with Crippen LogP contribution in [0.15, 0.2) is 95.0 Å². The van der Waals surface area contributed by atoms with Gasteiger partial charge in [-0.05, 0) is 31.2 Å². The van der Waals surface area contributed by atoms with Crippen molar-refractivity contribution in [2.75, 3.05) is 5.75 Å². The molecule has 4 rings (SSSR count). The van der Waals surface area contributed by atoms with Crippen LogP contribution < -0.4 is 0 Å². The quantitative estimate of drug-likeness (QED) is 0.282. The van der Waals surface area contributed by atoms with Crippen LogP contribution in [0.2, 0.25) is 0 Å². The van der Waals surface area contributed by atoms with E-state index >= 15 is 0 Å². The van der Waals surface area contributed by atoms with E-state index < -0.39 is 9.84 Å². The maximum Gasteiger partial charge on any atom is 0.196 e. The molecule has 0 atom stereocenters. The molecule has 3 aromatic carbocycles. The van der Waals surface area contributed by atoms with E-state index in [1.165, 1.54) is 11.8 Å². The van der Waals surface area contributed by atoms with Gasteiger partial charge in [-0.1, -0.05) is 78.0 Å². The fraction of sp³-hybridized carbons (Fsp3) is 0.125. The van der Waals surface area contributed by atoms with E-state index in [4.69, 9.17) is 0 Å². The van der Waals surface area contributed by atoms with Gasteiger partial charge in [0, 0.05) is 11.3 Å². The van der Waals surface area contributed by atoms with E-state index in [1.807, 2.05) is 49.4 Å². The molecule has 0 aliphatic rings. The van der Waals surface area contributed by atoms with E-state index in [0.29, 0.717) is 16.5 Å². The number of benzene rings is 3. The SMILES string of the molecule is Cc1ccc(C(=O)CSc2nnc(CS(=O)(=O)c3ccccc3)n2-c2ccccc2)cc1. The summed E-state index contributed by atoms with van der Waals surface area (Å²) >= 11 is 1.24. The van der Waals surface area contributed by atoms with Crippen LogP contribution in [0.25, 0.3) is 5.69 Å². The van der Waals surface area contributed by atoms with Crippen molar-refractivity contribution in [3.8, 4) is 5.69 Å². The molecule has 8 heteroatoms. The summed E-state index contributed by atoms with van der Waals surface area (Å²) in [5.74, 6) is 0.131. The van der Waals surface area contributed by atoms with Crippen molar-refractivity contribution < 1.29 is 13.2 Å². The summed E-state index contributed by atoms with van der Waals surface area (Å²) < 4.78 is 27.6. The molecule has 32 heavy (non-hydrogen) atoms. The first-order valence-corrected chi connectivity index (χ1v) is 12.6. The van der Waals surface area contributed by atoms with Gasteiger partial charge in [-0.2, -0.15) is 0 Å². The van der Waals surface area contributed by atoms with Gasteiger partial charge in [0.1, 0.15) is 5.75 Å². The number of sulfone groups is 1. The molecule has 1 aromatic heterocycles. The topological polar surface area (TPSA) is 81.9 Å². The first-order valence-electron chi connectivity index (χ1n) is 9.94. The van der Waals surface area contributed by atoms with Gasteiger partial charge < -0.3 is 0 Å². The standard InChI is InChI=1S/C24H21N3O3S2/c1-18-12-14-19(15-13-18)22(28)16-31-24-26-25-23(27(24)20-8-4-2-5-9-20)17-32(29,30)21-10-6-3-7-11-21/h2-15H,16-17H2,1H3. The van der Waals surface area contributed by atoms with E-state index in [9.17, 15) is 13.2 Å². The number of para-hydroxylation sites is 1. The van der Waals surface area contributed by atoms with Gasteiger partial charge in [-0.15, -0.1) is 10.2 Å². The Labute approximate surface area is 191 Å². The maximum atomic E-state index is 12.9. The third-order valence-electron chi connectivity index (χ3n) is 4.84. The van der Waals surface area contributed by atoms with Gasteiger partial charge in [0.25, 0.3) is 0 Å². The third kappa shape index (κ3) is 4.98. The summed E-state index contributed by atoms with van der Waals surface area (Å²) in [6.45, 7) is 1.97. The summed E-state index contributed by atoms with van der Waals surface area (Å²) in [7, 11) is -3.61. The number of aromatic nitrogens is 3. The van der Waals surface area contributed by atoms with E-state index in [1.54, 1.807) is 47.0 Å². The Hall–Kier alpha value is -3.23. The van der Waals surface area contributed by atoms with Crippen LogP contribution in [0.5, 0.6) is 0 Å². The molecule has 0 saturated carbocycles. The molecule has 6 nitrogen and oxygen atoms in total. The summed E-state index contributed by atoms with van der Waals surface area (Å²) in [5.41, 5.74) is 2.45. The molecule has 0 bridgehead atoms. The van der Waals surface area contributed by atoms with Crippen LogP contribution in [0.1, 0.15) is 21.7 Å². The minimum absolute atomic E-state index is 0.0314. The largest absolute Gasteiger partial charge is 0.293 e. The summed E-state index contributed by atoms with van der Waals surface area (Å²) in [4.78, 5) is 12.9. The smallest absolute Gasteiger partial charge is 0.196 e. The minimum atomic E-state index is -3.61. The van der Waals surface area contributed by atoms with E-state index in [-0.39, 0.29) is 22.2 Å². The van der Waals surface area contributed by atoms with Crippen LogP contribution in [-0.4, -0.2) is 34.7 Å². The molecule has 0 N–H and O–H groups in total. The number of ketones is 1. The normalized spacial score (nSPS) is 11.4. The Balaban J connectivity index is 1.63. The van der Waals surface area contributed by atoms with Gasteiger partial charge in [0.05, 0.1) is 10.6 Å². The van der Waals surface area contributed by atoms with Crippen molar-refractivity contribution in [3.05, 3.63) is 102 Å². The highest BCUT2D eigenvalue weighted by Crippen LogP contribution is 2.25. The van der Waals surface area contributed by atoms with Crippen LogP contribution in [0, 0.1) is 6.92 Å². The lowest BCUT2D eigenvalue weighted by Crippen LogP contribution is -2.11. The highest BCUT2D eigenvalue weighted by atomic mass is 32.2. The fourth-order valence-electron chi connectivity index (χ4n) is 3.16. The van der Waals surface area contributed by atoms with Crippen LogP contribution in [0.4, 0.5) is 0 Å². The number of Topliss-reactive ketones (excluding diaryl/α,β-unsaturated/α-hetero) is 1. The number of hydrogen-bond acceptors (Lipinski definition) is 6. The zero-order valence-corrected chi connectivity index (χ0v) is 19.0. The maximum absolute atomic E-state index is 12.9. The Morgan fingerprint density at radius 3 is 2.16 bits per heavy atom. The predicted octanol–water partition coefficient (Wildman–Crippen LogP) is 4.52. The molecule has 0 aliphatic carbocycles. The van der Waals surface area contributed by atoms with Crippen molar-refractivity contribution in [1.82, 2.24) is 14.8 Å². The zero-order valence-electron chi connectivity index (χ0n) is 17.4. The van der Waals surface area contributed by atoms with Crippen LogP contribution >= 0.6 is 11.8 Å². The van der Waals surface area contributed by atoms with Crippen molar-refractivity contribution >= 4 is 27.4 Å². The second-order valence-corrected chi connectivity index (χ2v) is 10.2. The molecule has 0 spiro atoms. The number of aryl methyl sites for hydroxylation is 1. The predicted molar refractivity (Wildman–Crippen MR) is 125 cm³/mol. The monoisotopic (exact) mass is 463 g/mol. The Morgan fingerprint density at radius 2 is 1.50 bits per heavy atom. The molecule has 162 valence electrons. The number of carbonyl (C=O) groups is 1. The molecular weight excluding hydrogens is 442 g/mol. The number of hydrogen-bond donors (Lipinski definition) is 0. The average molecular weight is 464 g/mol. The lowest BCUT2D eigenvalue weighted by Gasteiger charge is -2.10. The lowest BCUT2D eigenvalue weighted by molar-refractivity contribution is 0.102. The highest BCUT2D eigenvalue weighted by molar-refractivity contribution is 7.99. The molecule has 0 amide bonds. The first kappa shape index (κ1) is 22.0. The van der Waals surface area contributed by atoms with Gasteiger partial charge in [0.15, 0.2) is 26.6 Å². The van der Waals surface area contributed by atoms with Crippen LogP contribution in [0.3, 0.4) is 0 Å². The Morgan fingerprint density at radius 1 is 0.875 bits per heavy atom. The molecule has 0 saturated heterocycles. The zero-order chi connectivity index (χ0) is 22.6. The van der Waals surface area contributed by atoms with E-state index in [0.717, 1.165) is 11.3 Å². The molecular formula is C24H21N3O3S2. The Bertz CT molecular complexity index is 1320. The summed E-state index contributed by atoms with van der Waals surface area (Å²) in [6, 6.07) is 25.0. The molecule has 4 aromatic rings. The van der Waals surface area contributed by atoms with E-state index in [2.05, 4.69) is 10.2 Å². The minimum Gasteiger partial charge on any atom is -0.293 e. The number of rotatable bonds is 8. The third-order valence-corrected chi connectivity index (χ3v) is 7.40. The second-order valence-electron chi connectivity index (χ2n) is 7.22. The fourth-order valence-corrected chi connectivity index (χ4v) is 5.29. The molecule has 0 fully saturated rings. The molecule has 0 unspecified atom stereocenters. The summed E-state index contributed by atoms with van der Waals surface area (Å²) in [5, 5.41) is 8.84. The Kier molecular flexibility index (Phi) is 6.53. The summed E-state index contributed by atoms with van der Waals surface area (Å²) in [6.07, 6.45) is 0. The van der Waals surface area contributed by atoms with Gasteiger partial charge in [-0.25, -0.2) is 8.42 Å². The molecule has 0 radical (unpaired) electrons. The van der Waals surface area contributed by atoms with Crippen LogP contribution in [-0.2, 0) is 15.6 Å². The van der Waals surface area contributed by atoms with Crippen molar-refractivity contribution in [2.45, 2.75) is 22.7 Å². The molecule has 0 aliphatic heterocycles. The molecule has 1 heterocycles. The number of carbonyl (C=O) groups excluding carboxylic acids is 1. The highest BCUT2D eigenvalue weighted by Gasteiger charge is 2.23. The van der Waals surface area contributed by atoms with Crippen molar-refractivity contribution in [1.29, 1.82) is 0 Å². The van der Waals surface area contributed by atoms with Gasteiger partial charge in [0.2, 0.25) is 0 Å². The lowest BCUT2D eigenvalue weighted by atomic mass is 10.1. The number of thioether (sulfide) groups is 1. The van der Waals surface area contributed by atoms with Crippen molar-refractivity contribution in [3.63, 3.8) is 0 Å². The second kappa shape index (κ2) is 9.50. The number of nitrogens with zero attached hydrogens (tertiary/aromatic N) is 3.